The highest BCUT2D eigenvalue weighted by Gasteiger charge is 2.55. The van der Waals surface area contributed by atoms with Crippen LogP contribution in [-0.2, 0) is 0 Å². The van der Waals surface area contributed by atoms with Crippen molar-refractivity contribution in [2.45, 2.75) is 53.1 Å². The minimum atomic E-state index is -0.353. The van der Waals surface area contributed by atoms with Crippen molar-refractivity contribution in [2.75, 3.05) is 6.61 Å². The molecule has 0 amide bonds. The van der Waals surface area contributed by atoms with Gasteiger partial charge in [-0.25, -0.2) is 4.79 Å². The maximum Gasteiger partial charge on any atom is 0.336 e. The van der Waals surface area contributed by atoms with Crippen molar-refractivity contribution in [3.63, 3.8) is 0 Å². The van der Waals surface area contributed by atoms with Crippen LogP contribution in [0, 0.1) is 22.7 Å². The van der Waals surface area contributed by atoms with E-state index in [9.17, 15) is 9.90 Å². The van der Waals surface area contributed by atoms with Crippen LogP contribution in [0.15, 0.2) is 51.2 Å². The number of allylic oxidation sites excluding steroid dienone is 1. The van der Waals surface area contributed by atoms with E-state index < -0.39 is 0 Å². The van der Waals surface area contributed by atoms with E-state index in [2.05, 4.69) is 33.8 Å². The maximum absolute atomic E-state index is 11.5. The van der Waals surface area contributed by atoms with Gasteiger partial charge < -0.3 is 14.3 Å². The summed E-state index contributed by atoms with van der Waals surface area (Å²) in [7, 11) is 0. The molecule has 1 N–H and O–H groups in total. The Kier molecular flexibility index (Phi) is 4.65. The third-order valence-electron chi connectivity index (χ3n) is 7.54. The Hall–Kier alpha value is -2.07. The van der Waals surface area contributed by atoms with Crippen molar-refractivity contribution in [3.05, 3.63) is 52.4 Å². The summed E-state index contributed by atoms with van der Waals surface area (Å²) in [5.74, 6) is 1.45. The number of rotatable bonds is 3. The number of aliphatic hydroxyl groups is 1. The van der Waals surface area contributed by atoms with Gasteiger partial charge in [-0.15, -0.1) is 0 Å². The van der Waals surface area contributed by atoms with E-state index in [1.807, 2.05) is 12.1 Å². The predicted molar refractivity (Wildman–Crippen MR) is 110 cm³/mol. The summed E-state index contributed by atoms with van der Waals surface area (Å²) in [6.07, 6.45) is 4.95. The van der Waals surface area contributed by atoms with E-state index in [-0.39, 0.29) is 22.6 Å². The molecule has 0 aliphatic heterocycles. The molecule has 4 nitrogen and oxygen atoms in total. The van der Waals surface area contributed by atoms with Crippen LogP contribution in [0.4, 0.5) is 0 Å². The number of fused-ring (bicyclic) bond motifs is 2. The first-order chi connectivity index (χ1) is 13.2. The topological polar surface area (TPSA) is 59.7 Å². The normalized spacial score (nSPS) is 31.9. The van der Waals surface area contributed by atoms with Gasteiger partial charge in [-0.3, -0.25) is 0 Å². The average molecular weight is 383 g/mol. The van der Waals surface area contributed by atoms with Gasteiger partial charge >= 0.3 is 5.63 Å². The average Bonchev–Trinajstić information content (AvgIpc) is 2.64. The van der Waals surface area contributed by atoms with Gasteiger partial charge in [0.25, 0.3) is 0 Å². The minimum absolute atomic E-state index is 0.102. The van der Waals surface area contributed by atoms with Crippen LogP contribution in [0.3, 0.4) is 0 Å². The molecule has 2 aromatic rings. The fraction of sp³-hybridized carbons (Fsp3) is 0.542. The second-order valence-electron chi connectivity index (χ2n) is 9.44. The molecule has 0 radical (unpaired) electrons. The molecule has 4 atom stereocenters. The monoisotopic (exact) mass is 382 g/mol. The Labute approximate surface area is 166 Å². The number of aliphatic hydroxyl groups excluding tert-OH is 1. The molecule has 1 heterocycles. The van der Waals surface area contributed by atoms with Gasteiger partial charge in [0, 0.05) is 23.4 Å². The first kappa shape index (κ1) is 19.3. The Morgan fingerprint density at radius 1 is 1.21 bits per heavy atom. The lowest BCUT2D eigenvalue weighted by atomic mass is 9.48. The molecule has 1 aromatic carbocycles. The minimum Gasteiger partial charge on any atom is -0.493 e. The van der Waals surface area contributed by atoms with Gasteiger partial charge in [-0.1, -0.05) is 32.4 Å². The first-order valence-corrected chi connectivity index (χ1v) is 10.2. The zero-order valence-corrected chi connectivity index (χ0v) is 17.2. The lowest BCUT2D eigenvalue weighted by Crippen LogP contribution is -2.55. The number of hydrogen-bond donors (Lipinski definition) is 1. The van der Waals surface area contributed by atoms with E-state index in [1.54, 1.807) is 12.1 Å². The molecule has 2 aliphatic carbocycles. The highest BCUT2D eigenvalue weighted by molar-refractivity contribution is 5.77. The molecule has 0 bridgehead atoms. The molecule has 0 spiro atoms. The molecule has 1 aromatic heterocycles. The molecule has 4 rings (SSSR count). The molecule has 0 saturated heterocycles. The van der Waals surface area contributed by atoms with Gasteiger partial charge in [-0.05, 0) is 61.1 Å². The molecular weight excluding hydrogens is 352 g/mol. The second kappa shape index (κ2) is 6.77. The summed E-state index contributed by atoms with van der Waals surface area (Å²) in [6.45, 7) is 9.57. The molecule has 150 valence electrons. The molecule has 28 heavy (non-hydrogen) atoms. The maximum atomic E-state index is 11.5. The van der Waals surface area contributed by atoms with Crippen LogP contribution in [0.2, 0.25) is 0 Å². The van der Waals surface area contributed by atoms with E-state index >= 15 is 0 Å². The molecule has 1 saturated carbocycles. The summed E-state index contributed by atoms with van der Waals surface area (Å²) < 4.78 is 11.5. The highest BCUT2D eigenvalue weighted by Crippen LogP contribution is 2.59. The van der Waals surface area contributed by atoms with Crippen molar-refractivity contribution < 1.29 is 14.3 Å². The van der Waals surface area contributed by atoms with Crippen molar-refractivity contribution in [3.8, 4) is 5.75 Å². The van der Waals surface area contributed by atoms with Crippen molar-refractivity contribution >= 4 is 11.0 Å². The second-order valence-corrected chi connectivity index (χ2v) is 9.44. The zero-order chi connectivity index (χ0) is 20.1. The van der Waals surface area contributed by atoms with Crippen LogP contribution in [0.5, 0.6) is 5.75 Å². The van der Waals surface area contributed by atoms with Crippen LogP contribution in [-0.4, -0.2) is 17.8 Å². The van der Waals surface area contributed by atoms with Gasteiger partial charge in [-0.2, -0.15) is 0 Å². The van der Waals surface area contributed by atoms with Crippen molar-refractivity contribution in [1.82, 2.24) is 0 Å². The van der Waals surface area contributed by atoms with Gasteiger partial charge in [0.2, 0.25) is 0 Å². The highest BCUT2D eigenvalue weighted by atomic mass is 16.5. The van der Waals surface area contributed by atoms with Crippen LogP contribution in [0.1, 0.15) is 47.0 Å². The lowest BCUT2D eigenvalue weighted by Gasteiger charge is -2.58. The Balaban J connectivity index is 1.59. The quantitative estimate of drug-likeness (QED) is 0.603. The van der Waals surface area contributed by atoms with Crippen LogP contribution >= 0.6 is 0 Å². The smallest absolute Gasteiger partial charge is 0.336 e. The van der Waals surface area contributed by atoms with Crippen LogP contribution < -0.4 is 10.4 Å². The van der Waals surface area contributed by atoms with Crippen LogP contribution in [0.25, 0.3) is 11.0 Å². The van der Waals surface area contributed by atoms with Gasteiger partial charge in [0.1, 0.15) is 11.3 Å². The summed E-state index contributed by atoms with van der Waals surface area (Å²) >= 11 is 0. The summed E-state index contributed by atoms with van der Waals surface area (Å²) in [5, 5.41) is 11.5. The van der Waals surface area contributed by atoms with Crippen molar-refractivity contribution in [2.24, 2.45) is 22.7 Å². The summed E-state index contributed by atoms with van der Waals surface area (Å²) in [4.78, 5) is 11.5. The fourth-order valence-corrected chi connectivity index (χ4v) is 5.66. The molecule has 4 heteroatoms. The van der Waals surface area contributed by atoms with Gasteiger partial charge in [0.15, 0.2) is 0 Å². The van der Waals surface area contributed by atoms with E-state index in [0.717, 1.165) is 30.4 Å². The Morgan fingerprint density at radius 2 is 1.96 bits per heavy atom. The summed E-state index contributed by atoms with van der Waals surface area (Å²) in [5.41, 5.74) is 1.57. The van der Waals surface area contributed by atoms with E-state index in [4.69, 9.17) is 9.15 Å². The Morgan fingerprint density at radius 3 is 2.75 bits per heavy atom. The standard InChI is InChI=1S/C24H30O4/c1-15-5-9-20-23(2,3)21(25)11-12-24(20,4)18(15)14-27-17-8-6-16-7-10-22(26)28-19(16)13-17/h5-8,10,13,18,20-21,25H,9,11-12,14H2,1-4H3/t18-,20+,21-,24-/m1/s1. The third kappa shape index (κ3) is 3.08. The zero-order valence-electron chi connectivity index (χ0n) is 17.2. The molecule has 1 fully saturated rings. The Bertz CT molecular complexity index is 970. The first-order valence-electron chi connectivity index (χ1n) is 10.2. The van der Waals surface area contributed by atoms with E-state index in [1.165, 1.54) is 11.6 Å². The lowest BCUT2D eigenvalue weighted by molar-refractivity contribution is -0.119. The fourth-order valence-electron chi connectivity index (χ4n) is 5.66. The number of ether oxygens (including phenoxy) is 1. The third-order valence-corrected chi connectivity index (χ3v) is 7.54. The molecule has 2 aliphatic rings. The largest absolute Gasteiger partial charge is 0.493 e. The molecule has 0 unspecified atom stereocenters. The number of hydrogen-bond acceptors (Lipinski definition) is 4. The SMILES string of the molecule is CC1=CC[C@H]2C(C)(C)[C@H](O)CC[C@]2(C)[C@@H]1COc1ccc2ccc(=O)oc2c1. The predicted octanol–water partition coefficient (Wildman–Crippen LogP) is 4.94. The molecular formula is C24H30O4. The number of benzene rings is 1. The summed E-state index contributed by atoms with van der Waals surface area (Å²) in [6, 6.07) is 8.84. The van der Waals surface area contributed by atoms with Crippen molar-refractivity contribution in [1.29, 1.82) is 0 Å². The van der Waals surface area contributed by atoms with Gasteiger partial charge in [0.05, 0.1) is 12.7 Å². The van der Waals surface area contributed by atoms with E-state index in [0.29, 0.717) is 24.0 Å².